The minimum Gasteiger partial charge on any atom is -0.320 e. The number of benzene rings is 1. The third kappa shape index (κ3) is 3.44. The highest BCUT2D eigenvalue weighted by Crippen LogP contribution is 2.12. The zero-order valence-electron chi connectivity index (χ0n) is 11.3. The Hall–Kier alpha value is -2.16. The van der Waals surface area contributed by atoms with Gasteiger partial charge in [0.1, 0.15) is 0 Å². The summed E-state index contributed by atoms with van der Waals surface area (Å²) < 4.78 is 0. The third-order valence-corrected chi connectivity index (χ3v) is 3.21. The maximum absolute atomic E-state index is 11.6. The highest BCUT2D eigenvalue weighted by atomic mass is 16.2. The van der Waals surface area contributed by atoms with Crippen molar-refractivity contribution in [1.29, 1.82) is 0 Å². The molecule has 1 aromatic carbocycles. The first-order valence-electron chi connectivity index (χ1n) is 6.46. The number of hydrogen-bond acceptors (Lipinski definition) is 4. The number of imide groups is 1. The molecule has 1 unspecified atom stereocenters. The minimum atomic E-state index is -0.301. The van der Waals surface area contributed by atoms with Gasteiger partial charge >= 0.3 is 0 Å². The van der Waals surface area contributed by atoms with E-state index in [2.05, 4.69) is 17.2 Å². The zero-order valence-corrected chi connectivity index (χ0v) is 11.3. The monoisotopic (exact) mass is 271 g/mol. The second kappa shape index (κ2) is 6.33. The molecule has 1 aliphatic heterocycles. The van der Waals surface area contributed by atoms with Crippen molar-refractivity contribution in [2.45, 2.75) is 19.5 Å². The number of nitrogens with one attached hydrogen (secondary N) is 1. The highest BCUT2D eigenvalue weighted by molar-refractivity contribution is 6.00. The number of hydrogen-bond donors (Lipinski definition) is 2. The van der Waals surface area contributed by atoms with Crippen LogP contribution < -0.4 is 11.1 Å². The maximum atomic E-state index is 11.6. The molecule has 1 fully saturated rings. The topological polar surface area (TPSA) is 75.4 Å². The van der Waals surface area contributed by atoms with Crippen LogP contribution in [0.15, 0.2) is 24.3 Å². The van der Waals surface area contributed by atoms with Gasteiger partial charge in [-0.05, 0) is 24.6 Å². The van der Waals surface area contributed by atoms with Crippen LogP contribution >= 0.6 is 0 Å². The molecule has 0 saturated carbocycles. The van der Waals surface area contributed by atoms with Crippen LogP contribution in [0, 0.1) is 11.8 Å². The van der Waals surface area contributed by atoms with Gasteiger partial charge in [-0.1, -0.05) is 24.0 Å². The predicted octanol–water partition coefficient (Wildman–Crippen LogP) is -0.156. The number of nitrogens with two attached hydrogens (primary N) is 1. The van der Waals surface area contributed by atoms with E-state index < -0.39 is 0 Å². The Morgan fingerprint density at radius 3 is 2.70 bits per heavy atom. The van der Waals surface area contributed by atoms with Gasteiger partial charge in [-0.3, -0.25) is 19.8 Å². The van der Waals surface area contributed by atoms with Gasteiger partial charge < -0.3 is 5.73 Å². The van der Waals surface area contributed by atoms with Crippen LogP contribution in [-0.2, 0) is 16.1 Å². The Morgan fingerprint density at radius 1 is 1.35 bits per heavy atom. The summed E-state index contributed by atoms with van der Waals surface area (Å²) in [6, 6.07) is 7.42. The molecule has 5 nitrogen and oxygen atoms in total. The molecule has 2 amide bonds. The van der Waals surface area contributed by atoms with E-state index in [1.54, 1.807) is 6.92 Å². The van der Waals surface area contributed by atoms with E-state index in [4.69, 9.17) is 5.73 Å². The highest BCUT2D eigenvalue weighted by Gasteiger charge is 2.29. The van der Waals surface area contributed by atoms with E-state index in [-0.39, 0.29) is 24.4 Å². The fourth-order valence-electron chi connectivity index (χ4n) is 2.04. The number of rotatable bonds is 2. The summed E-state index contributed by atoms with van der Waals surface area (Å²) in [6.45, 7) is 2.93. The molecule has 3 N–H and O–H groups in total. The van der Waals surface area contributed by atoms with E-state index in [9.17, 15) is 9.59 Å². The quantitative estimate of drug-likeness (QED) is 0.579. The van der Waals surface area contributed by atoms with Crippen LogP contribution in [0.2, 0.25) is 0 Å². The smallest absolute Gasteiger partial charge is 0.243 e. The SMILES string of the molecule is CC1C(=O)NC(=O)CN1Cc1ccc(C#CCN)cc1. The predicted molar refractivity (Wildman–Crippen MR) is 75.4 cm³/mol. The number of piperazine rings is 1. The molecule has 1 aliphatic rings. The fraction of sp³-hybridized carbons (Fsp3) is 0.333. The largest absolute Gasteiger partial charge is 0.320 e. The van der Waals surface area contributed by atoms with Crippen LogP contribution in [0.4, 0.5) is 0 Å². The first-order chi connectivity index (χ1) is 9.60. The van der Waals surface area contributed by atoms with Crippen molar-refractivity contribution in [2.75, 3.05) is 13.1 Å². The zero-order chi connectivity index (χ0) is 14.5. The second-order valence-corrected chi connectivity index (χ2v) is 4.70. The Bertz CT molecular complexity index is 569. The first-order valence-corrected chi connectivity index (χ1v) is 6.46. The average molecular weight is 271 g/mol. The maximum Gasteiger partial charge on any atom is 0.243 e. The van der Waals surface area contributed by atoms with Gasteiger partial charge in [-0.25, -0.2) is 0 Å². The number of carbonyl (C=O) groups is 2. The summed E-state index contributed by atoms with van der Waals surface area (Å²) in [7, 11) is 0. The van der Waals surface area contributed by atoms with Gasteiger partial charge in [0, 0.05) is 12.1 Å². The Balaban J connectivity index is 2.05. The summed E-state index contributed by atoms with van der Waals surface area (Å²) in [4.78, 5) is 24.8. The van der Waals surface area contributed by atoms with Gasteiger partial charge in [-0.2, -0.15) is 0 Å². The van der Waals surface area contributed by atoms with Crippen molar-refractivity contribution < 1.29 is 9.59 Å². The lowest BCUT2D eigenvalue weighted by atomic mass is 10.1. The van der Waals surface area contributed by atoms with Crippen LogP contribution in [0.25, 0.3) is 0 Å². The molecule has 1 heterocycles. The van der Waals surface area contributed by atoms with E-state index >= 15 is 0 Å². The first kappa shape index (κ1) is 14.3. The minimum absolute atomic E-state index is 0.238. The molecule has 0 spiro atoms. The molecule has 2 rings (SSSR count). The average Bonchev–Trinajstić information content (AvgIpc) is 2.43. The molecule has 1 saturated heterocycles. The van der Waals surface area contributed by atoms with E-state index in [1.165, 1.54) is 0 Å². The molecule has 0 radical (unpaired) electrons. The molecule has 0 aliphatic carbocycles. The summed E-state index contributed by atoms with van der Waals surface area (Å²) in [5.41, 5.74) is 7.26. The lowest BCUT2D eigenvalue weighted by Gasteiger charge is -2.31. The van der Waals surface area contributed by atoms with Gasteiger partial charge in [0.2, 0.25) is 11.8 Å². The van der Waals surface area contributed by atoms with Crippen molar-refractivity contribution in [3.8, 4) is 11.8 Å². The normalized spacial score (nSPS) is 19.2. The summed E-state index contributed by atoms with van der Waals surface area (Å²) in [5, 5.41) is 2.33. The van der Waals surface area contributed by atoms with Crippen molar-refractivity contribution >= 4 is 11.8 Å². The van der Waals surface area contributed by atoms with Gasteiger partial charge in [0.15, 0.2) is 0 Å². The fourth-order valence-corrected chi connectivity index (χ4v) is 2.04. The number of amides is 2. The number of carbonyl (C=O) groups excluding carboxylic acids is 2. The Morgan fingerprint density at radius 2 is 2.05 bits per heavy atom. The molecule has 104 valence electrons. The van der Waals surface area contributed by atoms with Crippen molar-refractivity contribution in [2.24, 2.45) is 5.73 Å². The van der Waals surface area contributed by atoms with E-state index in [1.807, 2.05) is 29.2 Å². The van der Waals surface area contributed by atoms with Crippen LogP contribution in [-0.4, -0.2) is 35.8 Å². The third-order valence-electron chi connectivity index (χ3n) is 3.21. The lowest BCUT2D eigenvalue weighted by molar-refractivity contribution is -0.139. The molecule has 5 heteroatoms. The van der Waals surface area contributed by atoms with Crippen molar-refractivity contribution in [1.82, 2.24) is 10.2 Å². The molecular formula is C15H17N3O2. The van der Waals surface area contributed by atoms with Crippen LogP contribution in [0.5, 0.6) is 0 Å². The summed E-state index contributed by atoms with van der Waals surface area (Å²) in [6.07, 6.45) is 0. The Kier molecular flexibility index (Phi) is 4.51. The molecule has 1 aromatic rings. The summed E-state index contributed by atoms with van der Waals surface area (Å²) in [5.74, 6) is 5.25. The Labute approximate surface area is 118 Å². The van der Waals surface area contributed by atoms with E-state index in [0.29, 0.717) is 13.1 Å². The van der Waals surface area contributed by atoms with Gasteiger partial charge in [0.05, 0.1) is 19.1 Å². The van der Waals surface area contributed by atoms with Crippen LogP contribution in [0.3, 0.4) is 0 Å². The molecular weight excluding hydrogens is 254 g/mol. The lowest BCUT2D eigenvalue weighted by Crippen LogP contribution is -2.56. The van der Waals surface area contributed by atoms with Crippen molar-refractivity contribution in [3.05, 3.63) is 35.4 Å². The standard InChI is InChI=1S/C15H17N3O2/c1-11-15(20)17-14(19)10-18(11)9-13-6-4-12(5-7-13)3-2-8-16/h4-7,11H,8-10,16H2,1H3,(H,17,19,20). The molecule has 0 bridgehead atoms. The molecule has 0 aromatic heterocycles. The van der Waals surface area contributed by atoms with Crippen LogP contribution in [0.1, 0.15) is 18.1 Å². The molecule has 20 heavy (non-hydrogen) atoms. The number of nitrogens with zero attached hydrogens (tertiary/aromatic N) is 1. The van der Waals surface area contributed by atoms with Gasteiger partial charge in [0.25, 0.3) is 0 Å². The second-order valence-electron chi connectivity index (χ2n) is 4.70. The molecule has 1 atom stereocenters. The summed E-state index contributed by atoms with van der Waals surface area (Å²) >= 11 is 0. The van der Waals surface area contributed by atoms with Crippen molar-refractivity contribution in [3.63, 3.8) is 0 Å². The van der Waals surface area contributed by atoms with Gasteiger partial charge in [-0.15, -0.1) is 0 Å². The van der Waals surface area contributed by atoms with E-state index in [0.717, 1.165) is 11.1 Å².